The van der Waals surface area contributed by atoms with Crippen molar-refractivity contribution < 1.29 is 19.4 Å². The van der Waals surface area contributed by atoms with E-state index in [0.717, 1.165) is 50.0 Å². The van der Waals surface area contributed by atoms with E-state index in [1.165, 1.54) is 0 Å². The van der Waals surface area contributed by atoms with Gasteiger partial charge in [-0.1, -0.05) is 36.4 Å². The molecule has 1 atom stereocenters. The highest BCUT2D eigenvalue weighted by Crippen LogP contribution is 2.34. The lowest BCUT2D eigenvalue weighted by molar-refractivity contribution is -0.137. The van der Waals surface area contributed by atoms with Gasteiger partial charge in [0, 0.05) is 18.4 Å². The molecule has 0 bridgehead atoms. The van der Waals surface area contributed by atoms with E-state index in [-0.39, 0.29) is 12.3 Å². The molecule has 6 nitrogen and oxygen atoms in total. The number of carboxylic acid groups (broad SMARTS) is 1. The Kier molecular flexibility index (Phi) is 6.98. The third-order valence-corrected chi connectivity index (χ3v) is 6.46. The number of aliphatic carboxylic acids is 1. The Hall–Kier alpha value is -3.64. The molecular formula is C28H30N2O4. The van der Waals surface area contributed by atoms with E-state index in [0.29, 0.717) is 13.2 Å². The number of aromatic nitrogens is 2. The molecule has 34 heavy (non-hydrogen) atoms. The number of aryl methyl sites for hydroxylation is 3. The SMILES string of the molecule is COc1ccc(COCc2cc([C@@H](CC(=O)O)c3ccc4c(cnn4C)c3C)ccc2C)cc1. The summed E-state index contributed by atoms with van der Waals surface area (Å²) in [5, 5.41) is 15.1. The summed E-state index contributed by atoms with van der Waals surface area (Å²) >= 11 is 0. The summed E-state index contributed by atoms with van der Waals surface area (Å²) in [5.41, 5.74) is 7.33. The quantitative estimate of drug-likeness (QED) is 0.357. The first kappa shape index (κ1) is 23.5. The lowest BCUT2D eigenvalue weighted by Gasteiger charge is -2.21. The van der Waals surface area contributed by atoms with Crippen molar-refractivity contribution in [2.75, 3.05) is 7.11 Å². The number of rotatable bonds is 9. The molecule has 1 aromatic heterocycles. The Labute approximate surface area is 199 Å². The predicted octanol–water partition coefficient (Wildman–Crippen LogP) is 5.52. The van der Waals surface area contributed by atoms with Crippen LogP contribution in [0, 0.1) is 13.8 Å². The second-order valence-corrected chi connectivity index (χ2v) is 8.66. The van der Waals surface area contributed by atoms with E-state index in [4.69, 9.17) is 9.47 Å². The highest BCUT2D eigenvalue weighted by Gasteiger charge is 2.22. The predicted molar refractivity (Wildman–Crippen MR) is 132 cm³/mol. The molecule has 0 aliphatic carbocycles. The van der Waals surface area contributed by atoms with E-state index in [9.17, 15) is 9.90 Å². The number of methoxy groups -OCH3 is 1. The summed E-state index contributed by atoms with van der Waals surface area (Å²) in [6.07, 6.45) is 1.86. The molecule has 0 amide bonds. The third kappa shape index (κ3) is 4.97. The van der Waals surface area contributed by atoms with E-state index >= 15 is 0 Å². The fourth-order valence-corrected chi connectivity index (χ4v) is 4.41. The number of carbonyl (C=O) groups is 1. The monoisotopic (exact) mass is 458 g/mol. The number of hydrogen-bond donors (Lipinski definition) is 1. The Morgan fingerprint density at radius 2 is 1.82 bits per heavy atom. The van der Waals surface area contributed by atoms with Crippen LogP contribution < -0.4 is 4.74 Å². The summed E-state index contributed by atoms with van der Waals surface area (Å²) < 4.78 is 13.0. The smallest absolute Gasteiger partial charge is 0.304 e. The lowest BCUT2D eigenvalue weighted by atomic mass is 9.84. The van der Waals surface area contributed by atoms with Crippen molar-refractivity contribution in [3.05, 3.63) is 94.2 Å². The van der Waals surface area contributed by atoms with Crippen LogP contribution in [0.3, 0.4) is 0 Å². The molecular weight excluding hydrogens is 428 g/mol. The van der Waals surface area contributed by atoms with Crippen molar-refractivity contribution in [1.82, 2.24) is 9.78 Å². The summed E-state index contributed by atoms with van der Waals surface area (Å²) in [6, 6.07) is 18.0. The van der Waals surface area contributed by atoms with Crippen LogP contribution in [0.5, 0.6) is 5.75 Å². The second kappa shape index (κ2) is 10.1. The van der Waals surface area contributed by atoms with Gasteiger partial charge in [-0.05, 0) is 65.4 Å². The molecule has 0 radical (unpaired) electrons. The minimum atomic E-state index is -0.825. The van der Waals surface area contributed by atoms with Gasteiger partial charge in [-0.2, -0.15) is 5.10 Å². The van der Waals surface area contributed by atoms with Crippen molar-refractivity contribution >= 4 is 16.9 Å². The molecule has 0 saturated carbocycles. The zero-order valence-corrected chi connectivity index (χ0v) is 20.0. The molecule has 0 fully saturated rings. The first-order valence-corrected chi connectivity index (χ1v) is 11.3. The number of benzene rings is 3. The maximum Gasteiger partial charge on any atom is 0.304 e. The number of fused-ring (bicyclic) bond motifs is 1. The highest BCUT2D eigenvalue weighted by molar-refractivity contribution is 5.84. The summed E-state index contributed by atoms with van der Waals surface area (Å²) in [7, 11) is 3.56. The van der Waals surface area contributed by atoms with Gasteiger partial charge in [-0.15, -0.1) is 0 Å². The Morgan fingerprint density at radius 3 is 2.53 bits per heavy atom. The van der Waals surface area contributed by atoms with Crippen molar-refractivity contribution in [2.24, 2.45) is 7.05 Å². The van der Waals surface area contributed by atoms with Crippen LogP contribution in [-0.4, -0.2) is 28.0 Å². The van der Waals surface area contributed by atoms with Gasteiger partial charge in [0.05, 0.1) is 38.5 Å². The Morgan fingerprint density at radius 1 is 1.06 bits per heavy atom. The van der Waals surface area contributed by atoms with Crippen molar-refractivity contribution in [2.45, 2.75) is 39.4 Å². The van der Waals surface area contributed by atoms with Gasteiger partial charge in [0.15, 0.2) is 0 Å². The fraction of sp³-hybridized carbons (Fsp3) is 0.286. The van der Waals surface area contributed by atoms with Crippen LogP contribution in [0.25, 0.3) is 10.9 Å². The molecule has 0 unspecified atom stereocenters. The molecule has 1 N–H and O–H groups in total. The van der Waals surface area contributed by atoms with Crippen LogP contribution in [0.4, 0.5) is 0 Å². The van der Waals surface area contributed by atoms with Gasteiger partial charge < -0.3 is 14.6 Å². The molecule has 6 heteroatoms. The van der Waals surface area contributed by atoms with Crippen LogP contribution in [0.1, 0.15) is 45.7 Å². The normalized spacial score (nSPS) is 12.1. The molecule has 176 valence electrons. The Balaban J connectivity index is 1.59. The summed E-state index contributed by atoms with van der Waals surface area (Å²) in [6.45, 7) is 5.03. The Bertz CT molecular complexity index is 1310. The zero-order chi connectivity index (χ0) is 24.2. The number of carboxylic acids is 1. The van der Waals surface area contributed by atoms with Crippen LogP contribution >= 0.6 is 0 Å². The topological polar surface area (TPSA) is 73.6 Å². The largest absolute Gasteiger partial charge is 0.497 e. The van der Waals surface area contributed by atoms with E-state index < -0.39 is 5.97 Å². The highest BCUT2D eigenvalue weighted by atomic mass is 16.5. The van der Waals surface area contributed by atoms with E-state index in [2.05, 4.69) is 18.1 Å². The maximum absolute atomic E-state index is 11.8. The minimum absolute atomic E-state index is 0.0157. The zero-order valence-electron chi connectivity index (χ0n) is 20.0. The van der Waals surface area contributed by atoms with E-state index in [1.54, 1.807) is 7.11 Å². The van der Waals surface area contributed by atoms with Gasteiger partial charge in [0.2, 0.25) is 0 Å². The molecule has 1 heterocycles. The lowest BCUT2D eigenvalue weighted by Crippen LogP contribution is -2.10. The molecule has 0 saturated heterocycles. The first-order chi connectivity index (χ1) is 16.4. The summed E-state index contributed by atoms with van der Waals surface area (Å²) in [5.74, 6) is -0.270. The van der Waals surface area contributed by atoms with Crippen LogP contribution in [-0.2, 0) is 29.8 Å². The number of hydrogen-bond acceptors (Lipinski definition) is 4. The molecule has 0 aliphatic rings. The van der Waals surface area contributed by atoms with Crippen LogP contribution in [0.2, 0.25) is 0 Å². The molecule has 4 rings (SSSR count). The second-order valence-electron chi connectivity index (χ2n) is 8.66. The van der Waals surface area contributed by atoms with Gasteiger partial charge >= 0.3 is 5.97 Å². The maximum atomic E-state index is 11.8. The van der Waals surface area contributed by atoms with Crippen molar-refractivity contribution in [3.8, 4) is 5.75 Å². The van der Waals surface area contributed by atoms with Crippen LogP contribution in [0.15, 0.2) is 60.8 Å². The molecule has 4 aromatic rings. The average Bonchev–Trinajstić information content (AvgIpc) is 3.21. The standard InChI is InChI=1S/C28H30N2O4/c1-18-5-8-21(13-22(18)17-34-16-20-6-9-23(33-4)10-7-20)25(14-28(31)32)24-11-12-27-26(19(24)2)15-29-30(27)3/h5-13,15,25H,14,16-17H2,1-4H3,(H,31,32)/t25-/m1/s1. The molecule has 3 aromatic carbocycles. The first-order valence-electron chi connectivity index (χ1n) is 11.3. The molecule has 0 spiro atoms. The minimum Gasteiger partial charge on any atom is -0.497 e. The van der Waals surface area contributed by atoms with E-state index in [1.807, 2.05) is 73.4 Å². The van der Waals surface area contributed by atoms with Gasteiger partial charge in [-0.3, -0.25) is 9.48 Å². The molecule has 0 aliphatic heterocycles. The van der Waals surface area contributed by atoms with Gasteiger partial charge in [0.25, 0.3) is 0 Å². The third-order valence-electron chi connectivity index (χ3n) is 6.46. The average molecular weight is 459 g/mol. The van der Waals surface area contributed by atoms with Gasteiger partial charge in [-0.25, -0.2) is 0 Å². The number of ether oxygens (including phenoxy) is 2. The number of nitrogens with zero attached hydrogens (tertiary/aromatic N) is 2. The van der Waals surface area contributed by atoms with Gasteiger partial charge in [0.1, 0.15) is 5.75 Å². The van der Waals surface area contributed by atoms with Crippen molar-refractivity contribution in [1.29, 1.82) is 0 Å². The van der Waals surface area contributed by atoms with Crippen molar-refractivity contribution in [3.63, 3.8) is 0 Å². The fourth-order valence-electron chi connectivity index (χ4n) is 4.41. The summed E-state index contributed by atoms with van der Waals surface area (Å²) in [4.78, 5) is 11.8.